The molecule has 16 heavy (non-hydrogen) atoms. The summed E-state index contributed by atoms with van der Waals surface area (Å²) in [5, 5.41) is 21.1. The van der Waals surface area contributed by atoms with Gasteiger partial charge in [0.1, 0.15) is 5.56 Å². The molecule has 0 aliphatic carbocycles. The van der Waals surface area contributed by atoms with Gasteiger partial charge in [0, 0.05) is 12.1 Å². The van der Waals surface area contributed by atoms with E-state index in [0.29, 0.717) is 0 Å². The van der Waals surface area contributed by atoms with Gasteiger partial charge in [-0.2, -0.15) is 0 Å². The molecule has 1 rings (SSSR count). The van der Waals surface area contributed by atoms with E-state index in [1.54, 1.807) is 0 Å². The highest BCUT2D eigenvalue weighted by molar-refractivity contribution is 7.79. The van der Waals surface area contributed by atoms with Crippen LogP contribution in [0.2, 0.25) is 0 Å². The molecule has 0 heterocycles. The van der Waals surface area contributed by atoms with E-state index in [2.05, 4.69) is 0 Å². The molecule has 0 aromatic heterocycles. The molecule has 1 aromatic carbocycles. The summed E-state index contributed by atoms with van der Waals surface area (Å²) in [6.07, 6.45) is 0. The van der Waals surface area contributed by atoms with Crippen molar-refractivity contribution < 1.29 is 18.6 Å². The average Bonchev–Trinajstić information content (AvgIpc) is 2.16. The Labute approximate surface area is 91.5 Å². The number of benzene rings is 1. The Bertz CT molecular complexity index is 465. The maximum Gasteiger partial charge on any atom is 0.280 e. The zero-order chi connectivity index (χ0) is 12.5. The van der Waals surface area contributed by atoms with Gasteiger partial charge in [0.2, 0.25) is 0 Å². The predicted octanol–water partition coefficient (Wildman–Crippen LogP) is 1.39. The number of hydrogen-bond acceptors (Lipinski definition) is 5. The van der Waals surface area contributed by atoms with Crippen LogP contribution < -0.4 is 0 Å². The van der Waals surface area contributed by atoms with E-state index in [-0.39, 0.29) is 10.5 Å². The van der Waals surface area contributed by atoms with Gasteiger partial charge in [0.05, 0.1) is 14.7 Å². The second kappa shape index (κ2) is 4.33. The first-order valence-electron chi connectivity index (χ1n) is 3.89. The van der Waals surface area contributed by atoms with Gasteiger partial charge >= 0.3 is 0 Å². The van der Waals surface area contributed by atoms with E-state index < -0.39 is 32.3 Å². The van der Waals surface area contributed by atoms with Gasteiger partial charge in [-0.25, -0.2) is 4.21 Å². The monoisotopic (exact) mass is 246 g/mol. The average molecular weight is 246 g/mol. The van der Waals surface area contributed by atoms with E-state index >= 15 is 0 Å². The number of hydrogen-bond donors (Lipinski definition) is 1. The predicted molar refractivity (Wildman–Crippen MR) is 53.5 cm³/mol. The van der Waals surface area contributed by atoms with Crippen LogP contribution in [-0.2, 0) is 11.1 Å². The van der Waals surface area contributed by atoms with Crippen molar-refractivity contribution in [3.8, 4) is 0 Å². The molecule has 0 saturated carbocycles. The zero-order valence-corrected chi connectivity index (χ0v) is 8.76. The van der Waals surface area contributed by atoms with E-state index in [1.807, 2.05) is 0 Å². The fourth-order valence-electron chi connectivity index (χ4n) is 1.14. The van der Waals surface area contributed by atoms with Crippen LogP contribution in [0.25, 0.3) is 0 Å². The van der Waals surface area contributed by atoms with Crippen molar-refractivity contribution >= 4 is 22.5 Å². The van der Waals surface area contributed by atoms with Gasteiger partial charge in [-0.3, -0.25) is 20.2 Å². The Hall–Kier alpha value is -1.87. The molecule has 86 valence electrons. The molecule has 0 radical (unpaired) electrons. The maximum absolute atomic E-state index is 10.7. The molecule has 0 amide bonds. The lowest BCUT2D eigenvalue weighted by Crippen LogP contribution is -2.00. The fourth-order valence-corrected chi connectivity index (χ4v) is 1.56. The first-order chi connectivity index (χ1) is 7.34. The quantitative estimate of drug-likeness (QED) is 0.488. The van der Waals surface area contributed by atoms with Crippen LogP contribution in [0, 0.1) is 27.2 Å². The van der Waals surface area contributed by atoms with Crippen molar-refractivity contribution in [1.29, 1.82) is 0 Å². The van der Waals surface area contributed by atoms with Gasteiger partial charge < -0.3 is 4.55 Å². The first kappa shape index (κ1) is 12.2. The molecule has 1 N–H and O–H groups in total. The van der Waals surface area contributed by atoms with Crippen molar-refractivity contribution in [2.24, 2.45) is 0 Å². The summed E-state index contributed by atoms with van der Waals surface area (Å²) in [6, 6.07) is 1.69. The van der Waals surface area contributed by atoms with Crippen LogP contribution in [0.1, 0.15) is 5.56 Å². The van der Waals surface area contributed by atoms with Crippen molar-refractivity contribution in [2.45, 2.75) is 11.8 Å². The number of nitrogens with zero attached hydrogens (tertiary/aromatic N) is 2. The van der Waals surface area contributed by atoms with Crippen LogP contribution in [0.3, 0.4) is 0 Å². The summed E-state index contributed by atoms with van der Waals surface area (Å²) in [5.74, 6) is 0. The minimum Gasteiger partial charge on any atom is -0.302 e. The van der Waals surface area contributed by atoms with Crippen LogP contribution in [0.5, 0.6) is 0 Å². The smallest absolute Gasteiger partial charge is 0.280 e. The van der Waals surface area contributed by atoms with Crippen molar-refractivity contribution in [3.63, 3.8) is 0 Å². The van der Waals surface area contributed by atoms with Gasteiger partial charge in [-0.1, -0.05) is 0 Å². The van der Waals surface area contributed by atoms with Gasteiger partial charge in [0.25, 0.3) is 11.4 Å². The summed E-state index contributed by atoms with van der Waals surface area (Å²) < 4.78 is 19.5. The highest BCUT2D eigenvalue weighted by Gasteiger charge is 2.24. The molecule has 9 heteroatoms. The Morgan fingerprint density at radius 1 is 1.19 bits per heavy atom. The molecule has 0 fully saturated rings. The molecule has 1 aromatic rings. The molecule has 8 nitrogen and oxygen atoms in total. The summed E-state index contributed by atoms with van der Waals surface area (Å²) in [5.41, 5.74) is -1.25. The Morgan fingerprint density at radius 2 is 1.56 bits per heavy atom. The Morgan fingerprint density at radius 3 is 1.81 bits per heavy atom. The highest BCUT2D eigenvalue weighted by atomic mass is 32.2. The second-order valence-electron chi connectivity index (χ2n) is 2.85. The number of nitro groups is 2. The molecule has 0 spiro atoms. The topological polar surface area (TPSA) is 124 Å². The molecule has 0 saturated heterocycles. The van der Waals surface area contributed by atoms with E-state index in [9.17, 15) is 24.4 Å². The van der Waals surface area contributed by atoms with Crippen molar-refractivity contribution in [1.82, 2.24) is 0 Å². The van der Waals surface area contributed by atoms with Gasteiger partial charge in [0.15, 0.2) is 11.1 Å². The molecular weight excluding hydrogens is 240 g/mol. The minimum atomic E-state index is -2.50. The summed E-state index contributed by atoms with van der Waals surface area (Å²) in [7, 11) is 0. The van der Waals surface area contributed by atoms with Gasteiger partial charge in [-0.15, -0.1) is 0 Å². The largest absolute Gasteiger partial charge is 0.302 e. The van der Waals surface area contributed by atoms with Crippen molar-refractivity contribution in [2.75, 3.05) is 0 Å². The lowest BCUT2D eigenvalue weighted by atomic mass is 10.1. The molecular formula is C7H6N2O6S. The Balaban J connectivity index is 3.57. The third-order valence-corrected chi connectivity index (χ3v) is 2.56. The van der Waals surface area contributed by atoms with Crippen LogP contribution in [0.4, 0.5) is 11.4 Å². The van der Waals surface area contributed by atoms with E-state index in [0.717, 1.165) is 12.1 Å². The van der Waals surface area contributed by atoms with Crippen LogP contribution in [0.15, 0.2) is 17.0 Å². The second-order valence-corrected chi connectivity index (χ2v) is 3.82. The number of rotatable bonds is 3. The summed E-state index contributed by atoms with van der Waals surface area (Å²) in [4.78, 5) is 19.1. The molecule has 0 aliphatic rings. The van der Waals surface area contributed by atoms with Crippen LogP contribution in [-0.4, -0.2) is 18.6 Å². The minimum absolute atomic E-state index is 0.149. The summed E-state index contributed by atoms with van der Waals surface area (Å²) >= 11 is -2.50. The molecule has 1 unspecified atom stereocenters. The number of nitro benzene ring substituents is 2. The zero-order valence-electron chi connectivity index (χ0n) is 7.95. The van der Waals surface area contributed by atoms with Crippen LogP contribution >= 0.6 is 0 Å². The van der Waals surface area contributed by atoms with E-state index in [1.165, 1.54) is 6.92 Å². The molecule has 0 bridgehead atoms. The third kappa shape index (κ3) is 2.20. The summed E-state index contributed by atoms with van der Waals surface area (Å²) in [6.45, 7) is 1.21. The maximum atomic E-state index is 10.7. The standard InChI is InChI=1S/C7H6N2O6S/c1-4-6(8(10)11)2-5(16(14)15)3-7(4)9(12)13/h2-3H,1H3,(H,14,15). The lowest BCUT2D eigenvalue weighted by Gasteiger charge is -2.01. The van der Waals surface area contributed by atoms with Gasteiger partial charge in [-0.05, 0) is 6.92 Å². The third-order valence-electron chi connectivity index (χ3n) is 1.92. The molecule has 0 aliphatic heterocycles. The normalized spacial score (nSPS) is 12.1. The molecule has 1 atom stereocenters. The van der Waals surface area contributed by atoms with Crippen molar-refractivity contribution in [3.05, 3.63) is 37.9 Å². The Kier molecular flexibility index (Phi) is 3.30. The highest BCUT2D eigenvalue weighted by Crippen LogP contribution is 2.30. The van der Waals surface area contributed by atoms with E-state index in [4.69, 9.17) is 4.55 Å². The first-order valence-corrected chi connectivity index (χ1v) is 4.99. The SMILES string of the molecule is Cc1c([N+](=O)[O-])cc(S(=O)O)cc1[N+](=O)[O-]. The fraction of sp³-hybridized carbons (Fsp3) is 0.143. The lowest BCUT2D eigenvalue weighted by molar-refractivity contribution is -0.395.